The molecule has 3 heteroatoms. The number of rotatable bonds is 7. The van der Waals surface area contributed by atoms with Crippen molar-refractivity contribution in [3.63, 3.8) is 0 Å². The van der Waals surface area contributed by atoms with Gasteiger partial charge in [0.2, 0.25) is 0 Å². The lowest BCUT2D eigenvalue weighted by molar-refractivity contribution is 0.283. The molecule has 1 aromatic carbocycles. The van der Waals surface area contributed by atoms with E-state index >= 15 is 0 Å². The number of pyridine rings is 1. The average molecular weight is 269 g/mol. The maximum Gasteiger partial charge on any atom is 0.0270 e. The van der Waals surface area contributed by atoms with Gasteiger partial charge in [0.1, 0.15) is 0 Å². The first-order chi connectivity index (χ1) is 9.81. The van der Waals surface area contributed by atoms with Gasteiger partial charge in [-0.2, -0.15) is 0 Å². The summed E-state index contributed by atoms with van der Waals surface area (Å²) in [6.07, 6.45) is 4.78. The largest absolute Gasteiger partial charge is 0.326 e. The normalized spacial score (nSPS) is 10.9. The minimum absolute atomic E-state index is 0.611. The molecule has 2 N–H and O–H groups in total. The molecule has 0 unspecified atom stereocenters. The third-order valence-electron chi connectivity index (χ3n) is 3.58. The van der Waals surface area contributed by atoms with E-state index < -0.39 is 0 Å². The Bertz CT molecular complexity index is 493. The van der Waals surface area contributed by atoms with Crippen molar-refractivity contribution in [2.75, 3.05) is 13.1 Å². The van der Waals surface area contributed by atoms with E-state index in [1.165, 1.54) is 16.7 Å². The van der Waals surface area contributed by atoms with Gasteiger partial charge in [0.15, 0.2) is 0 Å². The summed E-state index contributed by atoms with van der Waals surface area (Å²) >= 11 is 0. The van der Waals surface area contributed by atoms with Crippen LogP contribution in [0.2, 0.25) is 0 Å². The molecule has 0 aliphatic rings. The molecule has 106 valence electrons. The molecule has 0 radical (unpaired) electrons. The molecule has 0 aliphatic carbocycles. The predicted molar refractivity (Wildman–Crippen MR) is 83.2 cm³/mol. The Hall–Kier alpha value is -1.71. The number of hydrogen-bond acceptors (Lipinski definition) is 3. The summed E-state index contributed by atoms with van der Waals surface area (Å²) in [4.78, 5) is 6.51. The highest BCUT2D eigenvalue weighted by Crippen LogP contribution is 2.08. The summed E-state index contributed by atoms with van der Waals surface area (Å²) in [6.45, 7) is 5.94. The molecule has 0 bridgehead atoms. The van der Waals surface area contributed by atoms with Gasteiger partial charge >= 0.3 is 0 Å². The second-order valence-corrected chi connectivity index (χ2v) is 4.99. The number of nitrogens with zero attached hydrogens (tertiary/aromatic N) is 2. The van der Waals surface area contributed by atoms with Crippen molar-refractivity contribution in [3.05, 3.63) is 65.5 Å². The lowest BCUT2D eigenvalue weighted by atomic mass is 10.1. The van der Waals surface area contributed by atoms with E-state index in [-0.39, 0.29) is 0 Å². The molecular formula is C17H23N3. The van der Waals surface area contributed by atoms with Gasteiger partial charge in [-0.25, -0.2) is 0 Å². The number of nitrogens with two attached hydrogens (primary N) is 1. The Morgan fingerprint density at radius 2 is 1.60 bits per heavy atom. The Morgan fingerprint density at radius 1 is 0.950 bits per heavy atom. The standard InChI is InChI=1S/C17H23N3/c1-2-20(12-9-15-7-10-19-11-8-15)14-17-5-3-16(13-18)4-6-17/h3-8,10-11H,2,9,12-14,18H2,1H3. The highest BCUT2D eigenvalue weighted by atomic mass is 15.1. The van der Waals surface area contributed by atoms with Crippen molar-refractivity contribution in [3.8, 4) is 0 Å². The van der Waals surface area contributed by atoms with Crippen LogP contribution >= 0.6 is 0 Å². The van der Waals surface area contributed by atoms with Crippen molar-refractivity contribution in [2.24, 2.45) is 5.73 Å². The number of aromatic nitrogens is 1. The first kappa shape index (κ1) is 14.7. The molecule has 0 saturated heterocycles. The molecule has 2 rings (SSSR count). The van der Waals surface area contributed by atoms with Gasteiger partial charge < -0.3 is 5.73 Å². The number of benzene rings is 1. The topological polar surface area (TPSA) is 42.2 Å². The van der Waals surface area contributed by atoms with Crippen LogP contribution in [0.3, 0.4) is 0 Å². The first-order valence-corrected chi connectivity index (χ1v) is 7.21. The molecule has 0 amide bonds. The van der Waals surface area contributed by atoms with Gasteiger partial charge in [0, 0.05) is 32.0 Å². The maximum atomic E-state index is 5.62. The van der Waals surface area contributed by atoms with Crippen molar-refractivity contribution < 1.29 is 0 Å². The third-order valence-corrected chi connectivity index (χ3v) is 3.58. The molecule has 1 aromatic heterocycles. The summed E-state index contributed by atoms with van der Waals surface area (Å²) in [7, 11) is 0. The lowest BCUT2D eigenvalue weighted by Gasteiger charge is -2.20. The molecule has 3 nitrogen and oxygen atoms in total. The van der Waals surface area contributed by atoms with E-state index in [4.69, 9.17) is 5.73 Å². The number of likely N-dealkylation sites (N-methyl/N-ethyl adjacent to an activating group) is 1. The van der Waals surface area contributed by atoms with Crippen LogP contribution in [0.15, 0.2) is 48.8 Å². The summed E-state index contributed by atoms with van der Waals surface area (Å²) in [5, 5.41) is 0. The van der Waals surface area contributed by atoms with Crippen LogP contribution in [0.1, 0.15) is 23.6 Å². The Morgan fingerprint density at radius 3 is 2.20 bits per heavy atom. The molecule has 0 spiro atoms. The van der Waals surface area contributed by atoms with Gasteiger partial charge in [-0.3, -0.25) is 9.88 Å². The average Bonchev–Trinajstić information content (AvgIpc) is 2.53. The zero-order valence-electron chi connectivity index (χ0n) is 12.1. The monoisotopic (exact) mass is 269 g/mol. The van der Waals surface area contributed by atoms with Gasteiger partial charge in [-0.05, 0) is 41.8 Å². The molecule has 0 fully saturated rings. The van der Waals surface area contributed by atoms with Crippen LogP contribution in [-0.4, -0.2) is 23.0 Å². The fraction of sp³-hybridized carbons (Fsp3) is 0.353. The number of hydrogen-bond donors (Lipinski definition) is 1. The maximum absolute atomic E-state index is 5.62. The van der Waals surface area contributed by atoms with E-state index in [9.17, 15) is 0 Å². The van der Waals surface area contributed by atoms with E-state index in [1.54, 1.807) is 0 Å². The summed E-state index contributed by atoms with van der Waals surface area (Å²) in [6, 6.07) is 12.8. The predicted octanol–water partition coefficient (Wildman–Crippen LogP) is 2.60. The molecule has 20 heavy (non-hydrogen) atoms. The fourth-order valence-electron chi connectivity index (χ4n) is 2.22. The zero-order valence-corrected chi connectivity index (χ0v) is 12.1. The summed E-state index contributed by atoms with van der Waals surface area (Å²) in [5.74, 6) is 0. The van der Waals surface area contributed by atoms with Crippen molar-refractivity contribution >= 4 is 0 Å². The van der Waals surface area contributed by atoms with Crippen LogP contribution < -0.4 is 5.73 Å². The summed E-state index contributed by atoms with van der Waals surface area (Å²) in [5.41, 5.74) is 9.50. The SMILES string of the molecule is CCN(CCc1ccncc1)Cc1ccc(CN)cc1. The van der Waals surface area contributed by atoms with Crippen molar-refractivity contribution in [2.45, 2.75) is 26.4 Å². The molecule has 1 heterocycles. The second kappa shape index (κ2) is 7.78. The highest BCUT2D eigenvalue weighted by molar-refractivity contribution is 5.22. The van der Waals surface area contributed by atoms with Crippen LogP contribution in [0, 0.1) is 0 Å². The molecule has 0 saturated carbocycles. The highest BCUT2D eigenvalue weighted by Gasteiger charge is 2.04. The minimum atomic E-state index is 0.611. The van der Waals surface area contributed by atoms with Gasteiger partial charge in [0.05, 0.1) is 0 Å². The van der Waals surface area contributed by atoms with E-state index in [0.717, 1.165) is 26.1 Å². The van der Waals surface area contributed by atoms with Gasteiger partial charge in [-0.15, -0.1) is 0 Å². The van der Waals surface area contributed by atoms with Crippen LogP contribution in [0.25, 0.3) is 0 Å². The van der Waals surface area contributed by atoms with Gasteiger partial charge in [0.25, 0.3) is 0 Å². The molecular weight excluding hydrogens is 246 g/mol. The van der Waals surface area contributed by atoms with Crippen LogP contribution in [0.4, 0.5) is 0 Å². The quantitative estimate of drug-likeness (QED) is 0.840. The second-order valence-electron chi connectivity index (χ2n) is 4.99. The van der Waals surface area contributed by atoms with E-state index in [2.05, 4.69) is 53.2 Å². The lowest BCUT2D eigenvalue weighted by Crippen LogP contribution is -2.25. The molecule has 2 aromatic rings. The fourth-order valence-corrected chi connectivity index (χ4v) is 2.22. The van der Waals surface area contributed by atoms with Crippen LogP contribution in [0.5, 0.6) is 0 Å². The third kappa shape index (κ3) is 4.44. The molecule has 0 atom stereocenters. The molecule has 0 aliphatic heterocycles. The van der Waals surface area contributed by atoms with Crippen LogP contribution in [-0.2, 0) is 19.5 Å². The van der Waals surface area contributed by atoms with Gasteiger partial charge in [-0.1, -0.05) is 31.2 Å². The minimum Gasteiger partial charge on any atom is -0.326 e. The smallest absolute Gasteiger partial charge is 0.0270 e. The van der Waals surface area contributed by atoms with E-state index in [0.29, 0.717) is 6.54 Å². The van der Waals surface area contributed by atoms with Crippen molar-refractivity contribution in [1.29, 1.82) is 0 Å². The summed E-state index contributed by atoms with van der Waals surface area (Å²) < 4.78 is 0. The Kier molecular flexibility index (Phi) is 5.71. The van der Waals surface area contributed by atoms with E-state index in [1.807, 2.05) is 12.4 Å². The Labute approximate surface area is 121 Å². The zero-order chi connectivity index (χ0) is 14.2. The first-order valence-electron chi connectivity index (χ1n) is 7.21. The van der Waals surface area contributed by atoms with Crippen molar-refractivity contribution in [1.82, 2.24) is 9.88 Å². The Balaban J connectivity index is 1.88.